The predicted octanol–water partition coefficient (Wildman–Crippen LogP) is 5.48. The first-order valence-electron chi connectivity index (χ1n) is 9.90. The third kappa shape index (κ3) is 5.66. The SMILES string of the molecule is CC(C)(C)OC(=O)N1CCC(Oc2cc(-c3ccc(Cl)cc3)ccc2C(=O)O)CC1. The van der Waals surface area contributed by atoms with Crippen LogP contribution in [0.5, 0.6) is 5.75 Å². The van der Waals surface area contributed by atoms with Crippen molar-refractivity contribution < 1.29 is 24.2 Å². The van der Waals surface area contributed by atoms with Gasteiger partial charge in [-0.3, -0.25) is 0 Å². The van der Waals surface area contributed by atoms with Crippen molar-refractivity contribution in [2.24, 2.45) is 0 Å². The molecule has 3 rings (SSSR count). The third-order valence-corrected chi connectivity index (χ3v) is 5.03. The van der Waals surface area contributed by atoms with Crippen molar-refractivity contribution in [1.82, 2.24) is 4.90 Å². The molecule has 0 unspecified atom stereocenters. The number of likely N-dealkylation sites (tertiary alicyclic amines) is 1. The number of carboxylic acid groups (broad SMARTS) is 1. The number of aromatic carboxylic acids is 1. The predicted molar refractivity (Wildman–Crippen MR) is 115 cm³/mol. The minimum atomic E-state index is -1.04. The van der Waals surface area contributed by atoms with Crippen molar-refractivity contribution in [2.75, 3.05) is 13.1 Å². The first kappa shape index (κ1) is 22.0. The van der Waals surface area contributed by atoms with E-state index in [0.717, 1.165) is 11.1 Å². The lowest BCUT2D eigenvalue weighted by Crippen LogP contribution is -2.44. The standard InChI is InChI=1S/C23H26ClNO5/c1-23(2,3)30-22(28)25-12-10-18(11-13-25)29-20-14-16(6-9-19(20)21(26)27)15-4-7-17(24)8-5-15/h4-9,14,18H,10-13H2,1-3H3,(H,26,27). The third-order valence-electron chi connectivity index (χ3n) is 4.78. The highest BCUT2D eigenvalue weighted by Gasteiger charge is 2.28. The molecule has 1 fully saturated rings. The second kappa shape index (κ2) is 8.96. The lowest BCUT2D eigenvalue weighted by atomic mass is 10.0. The molecular weight excluding hydrogens is 406 g/mol. The van der Waals surface area contributed by atoms with Crippen LogP contribution in [0.4, 0.5) is 4.79 Å². The van der Waals surface area contributed by atoms with Gasteiger partial charge in [0.25, 0.3) is 0 Å². The Morgan fingerprint density at radius 3 is 2.20 bits per heavy atom. The summed E-state index contributed by atoms with van der Waals surface area (Å²) in [5.74, 6) is -0.718. The van der Waals surface area contributed by atoms with Crippen LogP contribution in [-0.2, 0) is 4.74 Å². The highest BCUT2D eigenvalue weighted by molar-refractivity contribution is 6.30. The van der Waals surface area contributed by atoms with Crippen LogP contribution in [0, 0.1) is 0 Å². The average Bonchev–Trinajstić information content (AvgIpc) is 2.67. The molecule has 0 aliphatic carbocycles. The number of rotatable bonds is 4. The van der Waals surface area contributed by atoms with E-state index in [1.165, 1.54) is 0 Å². The van der Waals surface area contributed by atoms with Gasteiger partial charge in [0.15, 0.2) is 0 Å². The lowest BCUT2D eigenvalue weighted by Gasteiger charge is -2.33. The molecule has 0 saturated carbocycles. The van der Waals surface area contributed by atoms with Crippen LogP contribution in [0.2, 0.25) is 5.02 Å². The molecule has 0 spiro atoms. The Balaban J connectivity index is 1.71. The second-order valence-corrected chi connectivity index (χ2v) is 8.74. The number of ether oxygens (including phenoxy) is 2. The zero-order chi connectivity index (χ0) is 21.9. The Morgan fingerprint density at radius 2 is 1.63 bits per heavy atom. The van der Waals surface area contributed by atoms with Gasteiger partial charge in [-0.2, -0.15) is 0 Å². The maximum Gasteiger partial charge on any atom is 0.410 e. The molecule has 30 heavy (non-hydrogen) atoms. The Labute approximate surface area is 181 Å². The monoisotopic (exact) mass is 431 g/mol. The van der Waals surface area contributed by atoms with Gasteiger partial charge in [0.2, 0.25) is 0 Å². The average molecular weight is 432 g/mol. The van der Waals surface area contributed by atoms with Crippen LogP contribution in [0.15, 0.2) is 42.5 Å². The highest BCUT2D eigenvalue weighted by atomic mass is 35.5. The summed E-state index contributed by atoms with van der Waals surface area (Å²) in [6.07, 6.45) is 0.687. The van der Waals surface area contributed by atoms with Crippen molar-refractivity contribution in [3.63, 3.8) is 0 Å². The quantitative estimate of drug-likeness (QED) is 0.693. The van der Waals surface area contributed by atoms with Gasteiger partial charge in [-0.05, 0) is 56.2 Å². The van der Waals surface area contributed by atoms with Gasteiger partial charge in [-0.15, -0.1) is 0 Å². The number of hydrogen-bond acceptors (Lipinski definition) is 4. The van der Waals surface area contributed by atoms with Gasteiger partial charge in [-0.25, -0.2) is 9.59 Å². The number of carbonyl (C=O) groups is 2. The summed E-state index contributed by atoms with van der Waals surface area (Å²) in [6, 6.07) is 12.4. The van der Waals surface area contributed by atoms with Crippen LogP contribution in [0.1, 0.15) is 44.0 Å². The fourth-order valence-electron chi connectivity index (χ4n) is 3.28. The van der Waals surface area contributed by atoms with E-state index >= 15 is 0 Å². The fourth-order valence-corrected chi connectivity index (χ4v) is 3.41. The molecule has 1 amide bonds. The van der Waals surface area contributed by atoms with Crippen LogP contribution >= 0.6 is 11.6 Å². The van der Waals surface area contributed by atoms with E-state index < -0.39 is 11.6 Å². The molecule has 1 aliphatic heterocycles. The topological polar surface area (TPSA) is 76.1 Å². The Kier molecular flexibility index (Phi) is 6.56. The highest BCUT2D eigenvalue weighted by Crippen LogP contribution is 2.30. The molecule has 7 heteroatoms. The van der Waals surface area contributed by atoms with Gasteiger partial charge in [0.05, 0.1) is 0 Å². The lowest BCUT2D eigenvalue weighted by molar-refractivity contribution is 0.0126. The van der Waals surface area contributed by atoms with E-state index in [-0.39, 0.29) is 17.8 Å². The first-order valence-corrected chi connectivity index (χ1v) is 10.3. The second-order valence-electron chi connectivity index (χ2n) is 8.31. The molecule has 2 aromatic carbocycles. The van der Waals surface area contributed by atoms with E-state index in [4.69, 9.17) is 21.1 Å². The maximum atomic E-state index is 12.2. The van der Waals surface area contributed by atoms with Gasteiger partial charge in [0.1, 0.15) is 23.0 Å². The van der Waals surface area contributed by atoms with Crippen molar-refractivity contribution >= 4 is 23.7 Å². The van der Waals surface area contributed by atoms with Crippen LogP contribution < -0.4 is 4.74 Å². The largest absolute Gasteiger partial charge is 0.489 e. The summed E-state index contributed by atoms with van der Waals surface area (Å²) in [5, 5.41) is 10.2. The minimum Gasteiger partial charge on any atom is -0.489 e. The summed E-state index contributed by atoms with van der Waals surface area (Å²) < 4.78 is 11.5. The molecule has 1 saturated heterocycles. The van der Waals surface area contributed by atoms with E-state index in [0.29, 0.717) is 36.7 Å². The summed E-state index contributed by atoms with van der Waals surface area (Å²) in [5.41, 5.74) is 1.34. The van der Waals surface area contributed by atoms with Crippen LogP contribution in [-0.4, -0.2) is 46.9 Å². The zero-order valence-corrected chi connectivity index (χ0v) is 18.1. The fraction of sp³-hybridized carbons (Fsp3) is 0.391. The molecular formula is C23H26ClNO5. The number of carbonyl (C=O) groups excluding carboxylic acids is 1. The molecule has 1 heterocycles. The summed E-state index contributed by atoms with van der Waals surface area (Å²) >= 11 is 5.96. The maximum absolute atomic E-state index is 12.2. The molecule has 6 nitrogen and oxygen atoms in total. The van der Waals surface area contributed by atoms with Crippen molar-refractivity contribution in [3.8, 4) is 16.9 Å². The van der Waals surface area contributed by atoms with Gasteiger partial charge in [0, 0.05) is 31.0 Å². The Morgan fingerprint density at radius 1 is 1.03 bits per heavy atom. The van der Waals surface area contributed by atoms with Crippen molar-refractivity contribution in [3.05, 3.63) is 53.1 Å². The van der Waals surface area contributed by atoms with Gasteiger partial charge >= 0.3 is 12.1 Å². The summed E-state index contributed by atoms with van der Waals surface area (Å²) in [7, 11) is 0. The van der Waals surface area contributed by atoms with Crippen molar-refractivity contribution in [2.45, 2.75) is 45.3 Å². The number of piperidine rings is 1. The normalized spacial score (nSPS) is 15.0. The van der Waals surface area contributed by atoms with E-state index in [2.05, 4.69) is 0 Å². The molecule has 0 aromatic heterocycles. The minimum absolute atomic E-state index is 0.113. The number of nitrogens with zero attached hydrogens (tertiary/aromatic N) is 1. The molecule has 1 N–H and O–H groups in total. The summed E-state index contributed by atoms with van der Waals surface area (Å²) in [6.45, 7) is 6.50. The Hall–Kier alpha value is -2.73. The number of halogens is 1. The van der Waals surface area contributed by atoms with E-state index in [1.807, 2.05) is 32.9 Å². The molecule has 2 aromatic rings. The van der Waals surface area contributed by atoms with Crippen LogP contribution in [0.3, 0.4) is 0 Å². The summed E-state index contributed by atoms with van der Waals surface area (Å²) in [4.78, 5) is 25.5. The number of hydrogen-bond donors (Lipinski definition) is 1. The van der Waals surface area contributed by atoms with Gasteiger partial charge < -0.3 is 19.5 Å². The number of amides is 1. The van der Waals surface area contributed by atoms with E-state index in [9.17, 15) is 14.7 Å². The molecule has 1 aliphatic rings. The number of benzene rings is 2. The Bertz CT molecular complexity index is 912. The van der Waals surface area contributed by atoms with Crippen LogP contribution in [0.25, 0.3) is 11.1 Å². The van der Waals surface area contributed by atoms with Gasteiger partial charge in [-0.1, -0.05) is 29.8 Å². The molecule has 0 bridgehead atoms. The molecule has 0 radical (unpaired) electrons. The molecule has 0 atom stereocenters. The molecule has 160 valence electrons. The van der Waals surface area contributed by atoms with E-state index in [1.54, 1.807) is 35.2 Å². The first-order chi connectivity index (χ1) is 14.1. The number of carboxylic acids is 1. The van der Waals surface area contributed by atoms with Crippen molar-refractivity contribution in [1.29, 1.82) is 0 Å². The smallest absolute Gasteiger partial charge is 0.410 e. The zero-order valence-electron chi connectivity index (χ0n) is 17.4.